The molecule has 0 N–H and O–H groups in total. The predicted molar refractivity (Wildman–Crippen MR) is 57.8 cm³/mol. The minimum absolute atomic E-state index is 0.878. The van der Waals surface area contributed by atoms with Crippen LogP contribution in [0.5, 0.6) is 0 Å². The van der Waals surface area contributed by atoms with Crippen LogP contribution in [0.1, 0.15) is 33.1 Å². The maximum absolute atomic E-state index is 2.45. The molecule has 0 aliphatic carbocycles. The highest BCUT2D eigenvalue weighted by Gasteiger charge is 2.18. The van der Waals surface area contributed by atoms with E-state index in [1.54, 1.807) is 0 Å². The molecular weight excluding hydrogens is 249 g/mol. The molecule has 2 heteroatoms. The van der Waals surface area contributed by atoms with Crippen molar-refractivity contribution < 1.29 is 0 Å². The van der Waals surface area contributed by atoms with Gasteiger partial charge in [-0.3, -0.25) is 0 Å². The van der Waals surface area contributed by atoms with Crippen LogP contribution in [0, 0.1) is 11.8 Å². The van der Waals surface area contributed by atoms with Crippen molar-refractivity contribution in [1.29, 1.82) is 0 Å². The Morgan fingerprint density at radius 3 is 2.82 bits per heavy atom. The molecule has 0 saturated carbocycles. The zero-order valence-electron chi connectivity index (χ0n) is 7.52. The van der Waals surface area contributed by atoms with Crippen LogP contribution in [-0.2, 0) is 0 Å². The summed E-state index contributed by atoms with van der Waals surface area (Å²) in [6.45, 7) is 7.27. The second-order valence-corrected chi connectivity index (χ2v) is 5.37. The number of halogens is 1. The molecule has 66 valence electrons. The molecule has 0 amide bonds. The second-order valence-electron chi connectivity index (χ2n) is 4.01. The molecule has 0 aromatic heterocycles. The third-order valence-electron chi connectivity index (χ3n) is 2.27. The van der Waals surface area contributed by atoms with Crippen LogP contribution in [0.25, 0.3) is 0 Å². The number of piperidine rings is 1. The summed E-state index contributed by atoms with van der Waals surface area (Å²) in [4.78, 5) is 0. The summed E-state index contributed by atoms with van der Waals surface area (Å²) in [5.74, 6) is 1.85. The molecule has 1 rings (SSSR count). The Balaban J connectivity index is 2.23. The summed E-state index contributed by atoms with van der Waals surface area (Å²) in [5, 5.41) is 0. The molecule has 0 unspecified atom stereocenters. The standard InChI is InChI=1S/C9H18IN/c1-8(2)6-9-4-3-5-11(10)7-9/h8-9H,3-7H2,1-2H3/t9-/m0/s1. The molecular formula is C9H18IN. The molecule has 0 bridgehead atoms. The van der Waals surface area contributed by atoms with Gasteiger partial charge in [-0.25, -0.2) is 3.11 Å². The maximum atomic E-state index is 2.45. The first-order chi connectivity index (χ1) is 5.18. The smallest absolute Gasteiger partial charge is 0.0201 e. The molecule has 11 heavy (non-hydrogen) atoms. The molecule has 0 aromatic rings. The van der Waals surface area contributed by atoms with Crippen molar-refractivity contribution in [2.24, 2.45) is 11.8 Å². The highest BCUT2D eigenvalue weighted by molar-refractivity contribution is 14.1. The number of hydrogen-bond acceptors (Lipinski definition) is 1. The summed E-state index contributed by atoms with van der Waals surface area (Å²) < 4.78 is 2.44. The van der Waals surface area contributed by atoms with E-state index in [4.69, 9.17) is 0 Å². The van der Waals surface area contributed by atoms with Crippen molar-refractivity contribution in [3.63, 3.8) is 0 Å². The van der Waals surface area contributed by atoms with Gasteiger partial charge >= 0.3 is 0 Å². The van der Waals surface area contributed by atoms with E-state index < -0.39 is 0 Å². The van der Waals surface area contributed by atoms with Gasteiger partial charge < -0.3 is 0 Å². The Labute approximate surface area is 84.0 Å². The minimum Gasteiger partial charge on any atom is -0.247 e. The lowest BCUT2D eigenvalue weighted by Crippen LogP contribution is -2.28. The number of rotatable bonds is 2. The summed E-state index contributed by atoms with van der Waals surface area (Å²) in [5.41, 5.74) is 0. The molecule has 1 heterocycles. The van der Waals surface area contributed by atoms with E-state index in [1.165, 1.54) is 32.4 Å². The molecule has 1 atom stereocenters. The second kappa shape index (κ2) is 4.65. The third kappa shape index (κ3) is 3.74. The Bertz CT molecular complexity index is 112. The van der Waals surface area contributed by atoms with Gasteiger partial charge in [-0.1, -0.05) is 13.8 Å². The van der Waals surface area contributed by atoms with Crippen molar-refractivity contribution in [3.05, 3.63) is 0 Å². The topological polar surface area (TPSA) is 3.24 Å². The summed E-state index contributed by atoms with van der Waals surface area (Å²) in [7, 11) is 0. The Morgan fingerprint density at radius 2 is 2.27 bits per heavy atom. The van der Waals surface area contributed by atoms with Gasteiger partial charge in [-0.15, -0.1) is 0 Å². The van der Waals surface area contributed by atoms with Crippen molar-refractivity contribution in [1.82, 2.24) is 3.11 Å². The summed E-state index contributed by atoms with van der Waals surface area (Å²) in [6, 6.07) is 0. The Morgan fingerprint density at radius 1 is 1.55 bits per heavy atom. The molecule has 1 aliphatic heterocycles. The fourth-order valence-electron chi connectivity index (χ4n) is 1.87. The lowest BCUT2D eigenvalue weighted by Gasteiger charge is -2.29. The fraction of sp³-hybridized carbons (Fsp3) is 1.00. The largest absolute Gasteiger partial charge is 0.247 e. The van der Waals surface area contributed by atoms with Gasteiger partial charge in [-0.05, 0) is 31.1 Å². The van der Waals surface area contributed by atoms with Crippen LogP contribution in [0.4, 0.5) is 0 Å². The minimum atomic E-state index is 0.878. The van der Waals surface area contributed by atoms with Gasteiger partial charge in [0.2, 0.25) is 0 Å². The number of hydrogen-bond donors (Lipinski definition) is 0. The Kier molecular flexibility index (Phi) is 4.13. The first-order valence-electron chi connectivity index (χ1n) is 4.59. The number of nitrogens with zero attached hydrogens (tertiary/aromatic N) is 1. The molecule has 0 aromatic carbocycles. The van der Waals surface area contributed by atoms with Crippen LogP contribution in [0.2, 0.25) is 0 Å². The van der Waals surface area contributed by atoms with Gasteiger partial charge in [-0.2, -0.15) is 0 Å². The lowest BCUT2D eigenvalue weighted by molar-refractivity contribution is 0.267. The van der Waals surface area contributed by atoms with E-state index in [-0.39, 0.29) is 0 Å². The van der Waals surface area contributed by atoms with Crippen molar-refractivity contribution in [2.45, 2.75) is 33.1 Å². The van der Waals surface area contributed by atoms with Gasteiger partial charge in [0.05, 0.1) is 0 Å². The molecule has 1 aliphatic rings. The molecule has 1 saturated heterocycles. The normalized spacial score (nSPS) is 27.8. The van der Waals surface area contributed by atoms with Crippen molar-refractivity contribution in [3.8, 4) is 0 Å². The van der Waals surface area contributed by atoms with E-state index >= 15 is 0 Å². The zero-order chi connectivity index (χ0) is 8.27. The van der Waals surface area contributed by atoms with Crippen LogP contribution in [-0.4, -0.2) is 16.2 Å². The van der Waals surface area contributed by atoms with Gasteiger partial charge in [0, 0.05) is 36.0 Å². The first kappa shape index (κ1) is 9.78. The van der Waals surface area contributed by atoms with Gasteiger partial charge in [0.1, 0.15) is 0 Å². The highest BCUT2D eigenvalue weighted by atomic mass is 127. The zero-order valence-corrected chi connectivity index (χ0v) is 9.67. The van der Waals surface area contributed by atoms with E-state index in [9.17, 15) is 0 Å². The SMILES string of the molecule is CC(C)C[C@@H]1CCCN(I)C1. The Hall–Kier alpha value is 0.690. The van der Waals surface area contributed by atoms with E-state index in [2.05, 4.69) is 39.8 Å². The lowest BCUT2D eigenvalue weighted by atomic mass is 9.91. The molecule has 1 fully saturated rings. The van der Waals surface area contributed by atoms with Crippen LogP contribution >= 0.6 is 22.9 Å². The fourth-order valence-corrected chi connectivity index (χ4v) is 2.77. The summed E-state index contributed by atoms with van der Waals surface area (Å²) in [6.07, 6.45) is 4.28. The summed E-state index contributed by atoms with van der Waals surface area (Å²) >= 11 is 2.45. The van der Waals surface area contributed by atoms with E-state index in [0.29, 0.717) is 0 Å². The molecule has 1 nitrogen and oxygen atoms in total. The predicted octanol–water partition coefficient (Wildman–Crippen LogP) is 3.09. The van der Waals surface area contributed by atoms with Crippen LogP contribution < -0.4 is 0 Å². The quantitative estimate of drug-likeness (QED) is 0.549. The van der Waals surface area contributed by atoms with Crippen LogP contribution in [0.15, 0.2) is 0 Å². The van der Waals surface area contributed by atoms with E-state index in [0.717, 1.165) is 11.8 Å². The molecule has 0 radical (unpaired) electrons. The maximum Gasteiger partial charge on any atom is 0.0201 e. The molecule has 0 spiro atoms. The highest BCUT2D eigenvalue weighted by Crippen LogP contribution is 2.24. The van der Waals surface area contributed by atoms with Gasteiger partial charge in [0.15, 0.2) is 0 Å². The third-order valence-corrected chi connectivity index (χ3v) is 3.15. The first-order valence-corrected chi connectivity index (χ1v) is 5.55. The van der Waals surface area contributed by atoms with Crippen molar-refractivity contribution >= 4 is 22.9 Å². The van der Waals surface area contributed by atoms with Crippen molar-refractivity contribution in [2.75, 3.05) is 13.1 Å². The average molecular weight is 267 g/mol. The van der Waals surface area contributed by atoms with E-state index in [1.807, 2.05) is 0 Å². The monoisotopic (exact) mass is 267 g/mol. The van der Waals surface area contributed by atoms with Crippen LogP contribution in [0.3, 0.4) is 0 Å². The van der Waals surface area contributed by atoms with Gasteiger partial charge in [0.25, 0.3) is 0 Å². The average Bonchev–Trinajstić information content (AvgIpc) is 1.85.